The lowest BCUT2D eigenvalue weighted by Crippen LogP contribution is -2.31. The molecule has 0 fully saturated rings. The van der Waals surface area contributed by atoms with Crippen LogP contribution in [-0.4, -0.2) is 21.8 Å². The van der Waals surface area contributed by atoms with Crippen LogP contribution in [0.15, 0.2) is 30.5 Å². The van der Waals surface area contributed by atoms with Crippen molar-refractivity contribution in [3.63, 3.8) is 0 Å². The minimum absolute atomic E-state index is 0.182. The van der Waals surface area contributed by atoms with E-state index in [0.29, 0.717) is 5.82 Å². The van der Waals surface area contributed by atoms with E-state index >= 15 is 0 Å². The number of carbonyl (C=O) groups excluding carboxylic acids is 1. The molecule has 0 bridgehead atoms. The molecule has 2 rings (SSSR count). The first-order chi connectivity index (χ1) is 10.5. The van der Waals surface area contributed by atoms with Crippen molar-refractivity contribution in [1.82, 2.24) is 9.78 Å². The highest BCUT2D eigenvalue weighted by molar-refractivity contribution is 5.93. The van der Waals surface area contributed by atoms with Gasteiger partial charge in [0.2, 0.25) is 0 Å². The minimum Gasteiger partial charge on any atom is -0.481 e. The molecule has 22 heavy (non-hydrogen) atoms. The van der Waals surface area contributed by atoms with Gasteiger partial charge >= 0.3 is 0 Å². The number of aryl methyl sites for hydroxylation is 3. The molecule has 1 heterocycles. The van der Waals surface area contributed by atoms with Gasteiger partial charge in [0.05, 0.1) is 6.20 Å². The molecular formula is C17H23N3O2. The third-order valence-electron chi connectivity index (χ3n) is 3.42. The Kier molecular flexibility index (Phi) is 5.20. The van der Waals surface area contributed by atoms with Crippen molar-refractivity contribution in [3.05, 3.63) is 41.6 Å². The van der Waals surface area contributed by atoms with Crippen LogP contribution in [0.1, 0.15) is 31.4 Å². The highest BCUT2D eigenvalue weighted by Crippen LogP contribution is 2.21. The van der Waals surface area contributed by atoms with Gasteiger partial charge in [0.25, 0.3) is 5.91 Å². The van der Waals surface area contributed by atoms with Crippen LogP contribution in [0.5, 0.6) is 5.75 Å². The molecule has 118 valence electrons. The Hall–Kier alpha value is -2.30. The number of rotatable bonds is 6. The molecule has 0 aliphatic carbocycles. The first-order valence-electron chi connectivity index (χ1n) is 7.58. The van der Waals surface area contributed by atoms with Gasteiger partial charge in [-0.2, -0.15) is 5.10 Å². The van der Waals surface area contributed by atoms with E-state index in [-0.39, 0.29) is 5.91 Å². The summed E-state index contributed by atoms with van der Waals surface area (Å²) in [5.41, 5.74) is 2.12. The SMILES string of the molecule is CCCn1nccc1NC(=O)C(C)Oc1cc(C)ccc1C. The fourth-order valence-electron chi connectivity index (χ4n) is 2.13. The molecule has 0 aliphatic heterocycles. The predicted octanol–water partition coefficient (Wildman–Crippen LogP) is 3.32. The molecule has 1 N–H and O–H groups in total. The standard InChI is InChI=1S/C17H23N3O2/c1-5-10-20-16(8-9-18-20)19-17(21)14(4)22-15-11-12(2)6-7-13(15)3/h6-9,11,14H,5,10H2,1-4H3,(H,19,21). The highest BCUT2D eigenvalue weighted by Gasteiger charge is 2.17. The Morgan fingerprint density at radius 2 is 2.14 bits per heavy atom. The van der Waals surface area contributed by atoms with Crippen LogP contribution in [0.25, 0.3) is 0 Å². The Balaban J connectivity index is 2.03. The Morgan fingerprint density at radius 1 is 1.36 bits per heavy atom. The zero-order valence-electron chi connectivity index (χ0n) is 13.6. The van der Waals surface area contributed by atoms with E-state index < -0.39 is 6.10 Å². The van der Waals surface area contributed by atoms with E-state index in [1.54, 1.807) is 23.9 Å². The van der Waals surface area contributed by atoms with E-state index in [9.17, 15) is 4.79 Å². The first-order valence-corrected chi connectivity index (χ1v) is 7.58. The third-order valence-corrected chi connectivity index (χ3v) is 3.42. The molecule has 5 heteroatoms. The summed E-state index contributed by atoms with van der Waals surface area (Å²) in [4.78, 5) is 12.3. The Labute approximate surface area is 131 Å². The lowest BCUT2D eigenvalue weighted by Gasteiger charge is -2.17. The van der Waals surface area contributed by atoms with Gasteiger partial charge in [0.1, 0.15) is 11.6 Å². The fourth-order valence-corrected chi connectivity index (χ4v) is 2.13. The molecule has 0 saturated carbocycles. The van der Waals surface area contributed by atoms with Crippen molar-refractivity contribution in [2.45, 2.75) is 46.8 Å². The molecule has 0 radical (unpaired) electrons. The van der Waals surface area contributed by atoms with Gasteiger partial charge in [0.15, 0.2) is 6.10 Å². The second-order valence-corrected chi connectivity index (χ2v) is 5.46. The number of hydrogen-bond donors (Lipinski definition) is 1. The molecule has 1 amide bonds. The summed E-state index contributed by atoms with van der Waals surface area (Å²) in [7, 11) is 0. The molecule has 1 aromatic carbocycles. The van der Waals surface area contributed by atoms with Crippen LogP contribution in [0.2, 0.25) is 0 Å². The molecular weight excluding hydrogens is 278 g/mol. The molecule has 2 aromatic rings. The quantitative estimate of drug-likeness (QED) is 0.890. The maximum atomic E-state index is 12.3. The number of hydrogen-bond acceptors (Lipinski definition) is 3. The zero-order valence-corrected chi connectivity index (χ0v) is 13.6. The number of anilines is 1. The molecule has 1 atom stereocenters. The predicted molar refractivity (Wildman–Crippen MR) is 87.2 cm³/mol. The van der Waals surface area contributed by atoms with Gasteiger partial charge in [-0.3, -0.25) is 4.79 Å². The van der Waals surface area contributed by atoms with Crippen LogP contribution < -0.4 is 10.1 Å². The smallest absolute Gasteiger partial charge is 0.266 e. The number of amides is 1. The minimum atomic E-state index is -0.578. The number of ether oxygens (including phenoxy) is 1. The summed E-state index contributed by atoms with van der Waals surface area (Å²) in [5.74, 6) is 1.26. The summed E-state index contributed by atoms with van der Waals surface area (Å²) in [6, 6.07) is 7.75. The summed E-state index contributed by atoms with van der Waals surface area (Å²) in [6.45, 7) is 8.56. The van der Waals surface area contributed by atoms with Gasteiger partial charge in [-0.25, -0.2) is 4.68 Å². The molecule has 1 unspecified atom stereocenters. The lowest BCUT2D eigenvalue weighted by molar-refractivity contribution is -0.122. The maximum Gasteiger partial charge on any atom is 0.266 e. The Morgan fingerprint density at radius 3 is 2.86 bits per heavy atom. The fraction of sp³-hybridized carbons (Fsp3) is 0.412. The number of aromatic nitrogens is 2. The van der Waals surface area contributed by atoms with Crippen LogP contribution >= 0.6 is 0 Å². The van der Waals surface area contributed by atoms with Crippen molar-refractivity contribution in [3.8, 4) is 5.75 Å². The van der Waals surface area contributed by atoms with Gasteiger partial charge in [-0.15, -0.1) is 0 Å². The summed E-state index contributed by atoms with van der Waals surface area (Å²) < 4.78 is 7.57. The zero-order chi connectivity index (χ0) is 16.1. The van der Waals surface area contributed by atoms with Gasteiger partial charge in [0, 0.05) is 12.6 Å². The largest absolute Gasteiger partial charge is 0.481 e. The average molecular weight is 301 g/mol. The van der Waals surface area contributed by atoms with Gasteiger partial charge in [-0.05, 0) is 44.4 Å². The summed E-state index contributed by atoms with van der Waals surface area (Å²) in [6.07, 6.45) is 2.06. The van der Waals surface area contributed by atoms with Crippen molar-refractivity contribution in [2.75, 3.05) is 5.32 Å². The topological polar surface area (TPSA) is 56.2 Å². The van der Waals surface area contributed by atoms with Gasteiger partial charge in [-0.1, -0.05) is 19.1 Å². The third kappa shape index (κ3) is 3.87. The number of nitrogens with one attached hydrogen (secondary N) is 1. The van der Waals surface area contributed by atoms with Crippen LogP contribution in [0.3, 0.4) is 0 Å². The lowest BCUT2D eigenvalue weighted by atomic mass is 10.1. The van der Waals surface area contributed by atoms with E-state index in [1.807, 2.05) is 32.0 Å². The van der Waals surface area contributed by atoms with E-state index in [2.05, 4.69) is 17.3 Å². The maximum absolute atomic E-state index is 12.3. The van der Waals surface area contributed by atoms with E-state index in [1.165, 1.54) is 0 Å². The van der Waals surface area contributed by atoms with Crippen LogP contribution in [0.4, 0.5) is 5.82 Å². The van der Waals surface area contributed by atoms with Crippen molar-refractivity contribution in [1.29, 1.82) is 0 Å². The molecule has 0 spiro atoms. The van der Waals surface area contributed by atoms with Crippen LogP contribution in [0, 0.1) is 13.8 Å². The molecule has 5 nitrogen and oxygen atoms in total. The van der Waals surface area contributed by atoms with Crippen molar-refractivity contribution in [2.24, 2.45) is 0 Å². The molecule has 1 aromatic heterocycles. The monoisotopic (exact) mass is 301 g/mol. The second-order valence-electron chi connectivity index (χ2n) is 5.46. The summed E-state index contributed by atoms with van der Waals surface area (Å²) in [5, 5.41) is 7.06. The van der Waals surface area contributed by atoms with Crippen molar-refractivity contribution < 1.29 is 9.53 Å². The Bertz CT molecular complexity index is 649. The second kappa shape index (κ2) is 7.11. The van der Waals surface area contributed by atoms with Crippen LogP contribution in [-0.2, 0) is 11.3 Å². The number of carbonyl (C=O) groups is 1. The van der Waals surface area contributed by atoms with Crippen molar-refractivity contribution >= 4 is 11.7 Å². The number of benzene rings is 1. The van der Waals surface area contributed by atoms with Gasteiger partial charge < -0.3 is 10.1 Å². The average Bonchev–Trinajstić information content (AvgIpc) is 2.90. The summed E-state index contributed by atoms with van der Waals surface area (Å²) >= 11 is 0. The van der Waals surface area contributed by atoms with E-state index in [0.717, 1.165) is 29.8 Å². The highest BCUT2D eigenvalue weighted by atomic mass is 16.5. The van der Waals surface area contributed by atoms with E-state index in [4.69, 9.17) is 4.74 Å². The number of nitrogens with zero attached hydrogens (tertiary/aromatic N) is 2. The first kappa shape index (κ1) is 16.1. The normalized spacial score (nSPS) is 12.0. The molecule has 0 saturated heterocycles. The molecule has 0 aliphatic rings.